The number of halogens is 2. The van der Waals surface area contributed by atoms with Gasteiger partial charge in [0.05, 0.1) is 14.2 Å². The van der Waals surface area contributed by atoms with Crippen molar-refractivity contribution in [1.82, 2.24) is 9.29 Å². The molecule has 0 atom stereocenters. The Labute approximate surface area is 161 Å². The van der Waals surface area contributed by atoms with E-state index in [9.17, 15) is 8.78 Å². The Morgan fingerprint density at radius 2 is 1.89 bits per heavy atom. The van der Waals surface area contributed by atoms with Crippen molar-refractivity contribution in [2.75, 3.05) is 21.3 Å². The van der Waals surface area contributed by atoms with Crippen LogP contribution in [0, 0.1) is 11.6 Å². The van der Waals surface area contributed by atoms with E-state index in [0.717, 1.165) is 22.3 Å². The van der Waals surface area contributed by atoms with Crippen LogP contribution in [0.1, 0.15) is 5.56 Å². The molecule has 0 aliphatic carbocycles. The van der Waals surface area contributed by atoms with E-state index in [-0.39, 0.29) is 5.56 Å². The third-order valence-electron chi connectivity index (χ3n) is 4.00. The van der Waals surface area contributed by atoms with Gasteiger partial charge in [0.2, 0.25) is 0 Å². The van der Waals surface area contributed by atoms with E-state index in [1.54, 1.807) is 14.2 Å². The van der Waals surface area contributed by atoms with Crippen molar-refractivity contribution in [2.45, 2.75) is 11.4 Å². The molecule has 4 nitrogen and oxygen atoms in total. The standard InChI is InChI=1S/C20H20F2N2O2S/c1-23-11-13-12-24(27-16-6-4-5-15(10-16)25-2)19(20(13)26-3)17-8-7-14(21)9-18(17)22/h4-10,12,23H,11H2,1-3H3. The number of methoxy groups -OCH3 is 2. The molecule has 0 unspecified atom stereocenters. The largest absolute Gasteiger partial charge is 0.497 e. The highest BCUT2D eigenvalue weighted by atomic mass is 32.2. The average Bonchev–Trinajstić information content (AvgIpc) is 2.99. The summed E-state index contributed by atoms with van der Waals surface area (Å²) >= 11 is 1.40. The Morgan fingerprint density at radius 3 is 2.56 bits per heavy atom. The maximum atomic E-state index is 14.5. The van der Waals surface area contributed by atoms with E-state index >= 15 is 0 Å². The maximum absolute atomic E-state index is 14.5. The fourth-order valence-electron chi connectivity index (χ4n) is 2.83. The first-order chi connectivity index (χ1) is 13.1. The van der Waals surface area contributed by atoms with Crippen LogP contribution >= 0.6 is 11.9 Å². The third kappa shape index (κ3) is 4.09. The van der Waals surface area contributed by atoms with Crippen LogP contribution in [0.4, 0.5) is 8.78 Å². The van der Waals surface area contributed by atoms with Gasteiger partial charge in [-0.2, -0.15) is 0 Å². The number of nitrogens with zero attached hydrogens (tertiary/aromatic N) is 1. The Bertz CT molecular complexity index is 944. The van der Waals surface area contributed by atoms with E-state index in [1.807, 2.05) is 41.5 Å². The van der Waals surface area contributed by atoms with Crippen LogP contribution < -0.4 is 14.8 Å². The number of benzene rings is 2. The molecule has 3 aromatic rings. The summed E-state index contributed by atoms with van der Waals surface area (Å²) in [5.41, 5.74) is 1.67. The second-order valence-corrected chi connectivity index (χ2v) is 6.83. The Morgan fingerprint density at radius 1 is 1.07 bits per heavy atom. The molecule has 1 heterocycles. The minimum atomic E-state index is -0.644. The zero-order valence-electron chi connectivity index (χ0n) is 15.3. The molecule has 0 bridgehead atoms. The first-order valence-corrected chi connectivity index (χ1v) is 9.05. The molecule has 0 aliphatic heterocycles. The van der Waals surface area contributed by atoms with Gasteiger partial charge in [0.1, 0.15) is 28.8 Å². The summed E-state index contributed by atoms with van der Waals surface area (Å²) in [7, 11) is 4.97. The van der Waals surface area contributed by atoms with Crippen molar-refractivity contribution in [3.8, 4) is 22.8 Å². The highest BCUT2D eigenvalue weighted by Crippen LogP contribution is 2.41. The molecule has 0 saturated carbocycles. The fourth-order valence-corrected chi connectivity index (χ4v) is 3.82. The highest BCUT2D eigenvalue weighted by Gasteiger charge is 2.22. The summed E-state index contributed by atoms with van der Waals surface area (Å²) in [6.07, 6.45) is 1.89. The van der Waals surface area contributed by atoms with Crippen LogP contribution in [0.3, 0.4) is 0 Å². The SMILES string of the molecule is CNCc1cn(Sc2cccc(OC)c2)c(-c2ccc(F)cc2F)c1OC. The summed E-state index contributed by atoms with van der Waals surface area (Å²) in [4.78, 5) is 0.909. The van der Waals surface area contributed by atoms with Gasteiger partial charge in [0, 0.05) is 34.8 Å². The molecule has 0 saturated heterocycles. The first kappa shape index (κ1) is 19.3. The predicted octanol–water partition coefficient (Wildman–Crippen LogP) is 4.73. The number of rotatable bonds is 7. The summed E-state index contributed by atoms with van der Waals surface area (Å²) in [5.74, 6) is 0.00783. The zero-order chi connectivity index (χ0) is 19.4. The molecule has 2 aromatic carbocycles. The molecule has 0 amide bonds. The molecular formula is C20H20F2N2O2S. The van der Waals surface area contributed by atoms with Crippen molar-refractivity contribution >= 4 is 11.9 Å². The number of nitrogens with one attached hydrogen (secondary N) is 1. The second-order valence-electron chi connectivity index (χ2n) is 5.79. The van der Waals surface area contributed by atoms with Crippen LogP contribution in [0.5, 0.6) is 11.5 Å². The quantitative estimate of drug-likeness (QED) is 0.633. The van der Waals surface area contributed by atoms with E-state index in [1.165, 1.54) is 24.1 Å². The molecule has 3 rings (SSSR count). The van der Waals surface area contributed by atoms with Crippen LogP contribution in [-0.2, 0) is 6.54 Å². The molecule has 1 aromatic heterocycles. The molecule has 0 spiro atoms. The lowest BCUT2D eigenvalue weighted by Crippen LogP contribution is -2.05. The van der Waals surface area contributed by atoms with Crippen LogP contribution in [0.15, 0.2) is 53.6 Å². The number of ether oxygens (including phenoxy) is 2. The van der Waals surface area contributed by atoms with Gasteiger partial charge in [0.15, 0.2) is 0 Å². The van der Waals surface area contributed by atoms with E-state index < -0.39 is 11.6 Å². The summed E-state index contributed by atoms with van der Waals surface area (Å²) in [5, 5.41) is 3.08. The van der Waals surface area contributed by atoms with Gasteiger partial charge in [0.25, 0.3) is 0 Å². The van der Waals surface area contributed by atoms with Gasteiger partial charge in [-0.15, -0.1) is 0 Å². The molecule has 0 fully saturated rings. The highest BCUT2D eigenvalue weighted by molar-refractivity contribution is 7.98. The number of hydrogen-bond donors (Lipinski definition) is 1. The normalized spacial score (nSPS) is 10.9. The summed E-state index contributed by atoms with van der Waals surface area (Å²) in [6, 6.07) is 11.1. The monoisotopic (exact) mass is 390 g/mol. The first-order valence-electron chi connectivity index (χ1n) is 8.28. The van der Waals surface area contributed by atoms with Crippen LogP contribution in [0.25, 0.3) is 11.3 Å². The molecular weight excluding hydrogens is 370 g/mol. The molecule has 7 heteroatoms. The smallest absolute Gasteiger partial charge is 0.150 e. The Balaban J connectivity index is 2.14. The number of hydrogen-bond acceptors (Lipinski definition) is 4. The lowest BCUT2D eigenvalue weighted by atomic mass is 10.1. The Kier molecular flexibility index (Phi) is 6.03. The van der Waals surface area contributed by atoms with Crippen molar-refractivity contribution in [1.29, 1.82) is 0 Å². The average molecular weight is 390 g/mol. The van der Waals surface area contributed by atoms with Crippen LogP contribution in [0.2, 0.25) is 0 Å². The number of aromatic nitrogens is 1. The van der Waals surface area contributed by atoms with Gasteiger partial charge in [-0.3, -0.25) is 3.97 Å². The molecule has 1 N–H and O–H groups in total. The molecule has 0 aliphatic rings. The second kappa shape index (κ2) is 8.45. The van der Waals surface area contributed by atoms with Crippen molar-refractivity contribution < 1.29 is 18.3 Å². The van der Waals surface area contributed by atoms with E-state index in [4.69, 9.17) is 9.47 Å². The van der Waals surface area contributed by atoms with Gasteiger partial charge in [-0.1, -0.05) is 6.07 Å². The van der Waals surface area contributed by atoms with Crippen molar-refractivity contribution in [3.63, 3.8) is 0 Å². The third-order valence-corrected chi connectivity index (χ3v) is 4.95. The van der Waals surface area contributed by atoms with Crippen LogP contribution in [-0.4, -0.2) is 25.2 Å². The maximum Gasteiger partial charge on any atom is 0.150 e. The topological polar surface area (TPSA) is 35.4 Å². The molecule has 142 valence electrons. The molecule has 0 radical (unpaired) electrons. The lowest BCUT2D eigenvalue weighted by Gasteiger charge is -2.12. The van der Waals surface area contributed by atoms with Crippen molar-refractivity contribution in [2.24, 2.45) is 0 Å². The van der Waals surface area contributed by atoms with Gasteiger partial charge < -0.3 is 14.8 Å². The van der Waals surface area contributed by atoms with Crippen molar-refractivity contribution in [3.05, 3.63) is 65.9 Å². The van der Waals surface area contributed by atoms with Gasteiger partial charge in [-0.25, -0.2) is 8.78 Å². The lowest BCUT2D eigenvalue weighted by molar-refractivity contribution is 0.411. The van der Waals surface area contributed by atoms with E-state index in [2.05, 4.69) is 5.32 Å². The summed E-state index contributed by atoms with van der Waals surface area (Å²) < 4.78 is 40.6. The predicted molar refractivity (Wildman–Crippen MR) is 103 cm³/mol. The summed E-state index contributed by atoms with van der Waals surface area (Å²) in [6.45, 7) is 0.546. The van der Waals surface area contributed by atoms with E-state index in [0.29, 0.717) is 18.0 Å². The minimum absolute atomic E-state index is 0.269. The fraction of sp³-hybridized carbons (Fsp3) is 0.200. The Hall–Kier alpha value is -2.51. The minimum Gasteiger partial charge on any atom is -0.497 e. The van der Waals surface area contributed by atoms with Gasteiger partial charge in [-0.05, 0) is 49.3 Å². The molecule has 27 heavy (non-hydrogen) atoms. The van der Waals surface area contributed by atoms with Gasteiger partial charge >= 0.3 is 0 Å². The zero-order valence-corrected chi connectivity index (χ0v) is 16.1.